The molecular formula is C30H28N2O4. The predicted molar refractivity (Wildman–Crippen MR) is 142 cm³/mol. The highest BCUT2D eigenvalue weighted by atomic mass is 16.7. The quantitative estimate of drug-likeness (QED) is 0.142. The molecule has 182 valence electrons. The third kappa shape index (κ3) is 3.98. The van der Waals surface area contributed by atoms with Gasteiger partial charge in [-0.1, -0.05) is 35.5 Å². The van der Waals surface area contributed by atoms with Crippen LogP contribution in [0, 0.1) is 12.8 Å². The molecule has 5 rings (SSSR count). The fourth-order valence-electron chi connectivity index (χ4n) is 5.02. The number of ketones is 1. The summed E-state index contributed by atoms with van der Waals surface area (Å²) in [6.07, 6.45) is 2.45. The molecule has 1 aromatic heterocycles. The normalized spacial score (nSPS) is 16.1. The zero-order chi connectivity index (χ0) is 25.4. The summed E-state index contributed by atoms with van der Waals surface area (Å²) in [5.41, 5.74) is 5.79. The lowest BCUT2D eigenvalue weighted by atomic mass is 9.90. The molecule has 4 aromatic rings. The second-order valence-electron chi connectivity index (χ2n) is 9.08. The van der Waals surface area contributed by atoms with E-state index in [4.69, 9.17) is 9.57 Å². The molecule has 6 heteroatoms. The van der Waals surface area contributed by atoms with E-state index in [9.17, 15) is 9.59 Å². The minimum Gasteiger partial charge on any atom is -0.492 e. The molecule has 36 heavy (non-hydrogen) atoms. The van der Waals surface area contributed by atoms with Crippen LogP contribution in [0.2, 0.25) is 0 Å². The number of hydrogen-bond donors (Lipinski definition) is 0. The number of hydrogen-bond acceptors (Lipinski definition) is 5. The van der Waals surface area contributed by atoms with Crippen LogP contribution in [-0.2, 0) is 16.2 Å². The average molecular weight is 481 g/mol. The van der Waals surface area contributed by atoms with Gasteiger partial charge in [0.25, 0.3) is 0 Å². The van der Waals surface area contributed by atoms with E-state index in [1.165, 1.54) is 6.92 Å². The van der Waals surface area contributed by atoms with Crippen LogP contribution < -0.4 is 4.74 Å². The van der Waals surface area contributed by atoms with Crippen LogP contribution in [-0.4, -0.2) is 28.6 Å². The van der Waals surface area contributed by atoms with Gasteiger partial charge in [0.2, 0.25) is 0 Å². The number of nitrogens with zero attached hydrogens (tertiary/aromatic N) is 2. The van der Waals surface area contributed by atoms with Gasteiger partial charge < -0.3 is 14.1 Å². The van der Waals surface area contributed by atoms with Crippen molar-refractivity contribution in [1.29, 1.82) is 0 Å². The maximum Gasteiger partial charge on any atom is 0.331 e. The largest absolute Gasteiger partial charge is 0.492 e. The van der Waals surface area contributed by atoms with Crippen LogP contribution in [0.4, 0.5) is 0 Å². The van der Waals surface area contributed by atoms with Crippen molar-refractivity contribution in [3.63, 3.8) is 0 Å². The van der Waals surface area contributed by atoms with Crippen molar-refractivity contribution in [2.24, 2.45) is 11.1 Å². The van der Waals surface area contributed by atoms with Gasteiger partial charge in [0.1, 0.15) is 5.75 Å². The Labute approximate surface area is 209 Å². The number of fused-ring (bicyclic) bond motifs is 4. The molecule has 0 saturated heterocycles. The minimum absolute atomic E-state index is 0.00292. The lowest BCUT2D eigenvalue weighted by Gasteiger charge is -2.26. The lowest BCUT2D eigenvalue weighted by molar-refractivity contribution is -0.141. The van der Waals surface area contributed by atoms with Crippen LogP contribution in [0.1, 0.15) is 47.3 Å². The van der Waals surface area contributed by atoms with Gasteiger partial charge >= 0.3 is 5.97 Å². The first-order valence-electron chi connectivity index (χ1n) is 12.1. The summed E-state index contributed by atoms with van der Waals surface area (Å²) in [6, 6.07) is 17.6. The summed E-state index contributed by atoms with van der Waals surface area (Å²) >= 11 is 0. The molecule has 1 unspecified atom stereocenters. The molecule has 1 aliphatic heterocycles. The Kier molecular flexibility index (Phi) is 6.18. The zero-order valence-electron chi connectivity index (χ0n) is 20.7. The predicted octanol–water partition coefficient (Wildman–Crippen LogP) is 6.21. The number of oxime groups is 1. The van der Waals surface area contributed by atoms with Gasteiger partial charge in [-0.3, -0.25) is 4.79 Å². The molecular weight excluding hydrogens is 452 g/mol. The van der Waals surface area contributed by atoms with Crippen LogP contribution in [0.15, 0.2) is 72.4 Å². The van der Waals surface area contributed by atoms with E-state index in [2.05, 4.69) is 23.2 Å². The van der Waals surface area contributed by atoms with Gasteiger partial charge in [0, 0.05) is 58.4 Å². The molecule has 3 aromatic carbocycles. The third-order valence-corrected chi connectivity index (χ3v) is 6.76. The number of aryl methyl sites for hydroxylation is 2. The molecule has 6 nitrogen and oxygen atoms in total. The number of ether oxygens (including phenoxy) is 1. The number of rotatable bonds is 6. The fraction of sp³-hybridized carbons (Fsp3) is 0.233. The maximum absolute atomic E-state index is 13.4. The van der Waals surface area contributed by atoms with Gasteiger partial charge in [0.15, 0.2) is 5.78 Å². The fourth-order valence-corrected chi connectivity index (χ4v) is 5.02. The Morgan fingerprint density at radius 3 is 2.64 bits per heavy atom. The molecule has 0 N–H and O–H groups in total. The monoisotopic (exact) mass is 480 g/mol. The summed E-state index contributed by atoms with van der Waals surface area (Å²) in [5.74, 6) is 0.139. The summed E-state index contributed by atoms with van der Waals surface area (Å²) in [6.45, 7) is 10.4. The molecule has 0 aliphatic carbocycles. The number of allylic oxidation sites excluding steroid dienone is 1. The van der Waals surface area contributed by atoms with Gasteiger partial charge in [-0.05, 0) is 50.1 Å². The zero-order valence-corrected chi connectivity index (χ0v) is 20.7. The summed E-state index contributed by atoms with van der Waals surface area (Å²) in [7, 11) is 0. The highest BCUT2D eigenvalue weighted by molar-refractivity contribution is 6.17. The van der Waals surface area contributed by atoms with E-state index in [0.717, 1.165) is 39.5 Å². The minimum atomic E-state index is -0.476. The van der Waals surface area contributed by atoms with Crippen LogP contribution >= 0.6 is 0 Å². The van der Waals surface area contributed by atoms with E-state index in [0.29, 0.717) is 35.6 Å². The Bertz CT molecular complexity index is 1560. The summed E-state index contributed by atoms with van der Waals surface area (Å²) < 4.78 is 8.34. The summed E-state index contributed by atoms with van der Waals surface area (Å²) in [5, 5.41) is 6.18. The molecule has 1 atom stereocenters. The SMILES string of the molecule is C=CCC1COc2cc3c(cc2/C1=N/OC(C)=O)c1cc(C(=O)c2ccccc2C)ccc1n3CC. The number of carbonyl (C=O) groups excluding carboxylic acids is 2. The van der Waals surface area contributed by atoms with Crippen molar-refractivity contribution >= 4 is 39.3 Å². The lowest BCUT2D eigenvalue weighted by Crippen LogP contribution is -2.28. The number of benzene rings is 3. The average Bonchev–Trinajstić information content (AvgIpc) is 3.18. The van der Waals surface area contributed by atoms with Gasteiger partial charge in [-0.15, -0.1) is 6.58 Å². The van der Waals surface area contributed by atoms with Gasteiger partial charge in [-0.2, -0.15) is 0 Å². The van der Waals surface area contributed by atoms with E-state index < -0.39 is 5.97 Å². The molecule has 0 bridgehead atoms. The first-order chi connectivity index (χ1) is 17.4. The van der Waals surface area contributed by atoms with Crippen molar-refractivity contribution < 1.29 is 19.2 Å². The highest BCUT2D eigenvalue weighted by Crippen LogP contribution is 2.38. The smallest absolute Gasteiger partial charge is 0.331 e. The van der Waals surface area contributed by atoms with E-state index >= 15 is 0 Å². The topological polar surface area (TPSA) is 69.9 Å². The Morgan fingerprint density at radius 2 is 1.92 bits per heavy atom. The second-order valence-corrected chi connectivity index (χ2v) is 9.08. The van der Waals surface area contributed by atoms with Gasteiger partial charge in [0.05, 0.1) is 17.8 Å². The van der Waals surface area contributed by atoms with Crippen molar-refractivity contribution in [3.8, 4) is 5.75 Å². The second kappa shape index (κ2) is 9.46. The Hall–Kier alpha value is -4.19. The first kappa shape index (κ1) is 23.5. The number of aromatic nitrogens is 1. The van der Waals surface area contributed by atoms with E-state index in [1.54, 1.807) is 0 Å². The molecule has 0 saturated carbocycles. The van der Waals surface area contributed by atoms with Crippen molar-refractivity contribution in [1.82, 2.24) is 4.57 Å². The van der Waals surface area contributed by atoms with Crippen molar-refractivity contribution in [2.45, 2.75) is 33.7 Å². The Morgan fingerprint density at radius 1 is 1.14 bits per heavy atom. The molecule has 0 amide bonds. The molecule has 1 aliphatic rings. The summed E-state index contributed by atoms with van der Waals surface area (Å²) in [4.78, 5) is 29.9. The highest BCUT2D eigenvalue weighted by Gasteiger charge is 2.29. The first-order valence-corrected chi connectivity index (χ1v) is 12.1. The maximum atomic E-state index is 13.4. The Balaban J connectivity index is 1.72. The van der Waals surface area contributed by atoms with Crippen LogP contribution in [0.25, 0.3) is 21.8 Å². The molecule has 0 spiro atoms. The molecule has 2 heterocycles. The standard InChI is InChI=1S/C30H28N2O4/c1-5-9-21-17-35-28-16-27-24(15-25(28)29(21)31-36-19(4)33)23-14-20(12-13-26(23)32(27)6-2)30(34)22-11-8-7-10-18(22)3/h5,7-8,10-16,21H,1,6,9,17H2,2-4H3/b31-29+. The van der Waals surface area contributed by atoms with Crippen molar-refractivity contribution in [2.75, 3.05) is 6.61 Å². The molecule has 0 fully saturated rings. The number of carbonyl (C=O) groups is 2. The van der Waals surface area contributed by atoms with Gasteiger partial charge in [-0.25, -0.2) is 4.79 Å². The van der Waals surface area contributed by atoms with E-state index in [-0.39, 0.29) is 11.7 Å². The third-order valence-electron chi connectivity index (χ3n) is 6.76. The molecule has 0 radical (unpaired) electrons. The van der Waals surface area contributed by atoms with Crippen LogP contribution in [0.5, 0.6) is 5.75 Å². The van der Waals surface area contributed by atoms with E-state index in [1.807, 2.05) is 67.6 Å². The van der Waals surface area contributed by atoms with Crippen LogP contribution in [0.3, 0.4) is 0 Å². The van der Waals surface area contributed by atoms with Crippen molar-refractivity contribution in [3.05, 3.63) is 89.5 Å².